The molecule has 0 aliphatic heterocycles. The van der Waals surface area contributed by atoms with Crippen molar-refractivity contribution in [3.63, 3.8) is 0 Å². The lowest BCUT2D eigenvalue weighted by atomic mass is 10.1. The van der Waals surface area contributed by atoms with E-state index >= 15 is 0 Å². The van der Waals surface area contributed by atoms with Gasteiger partial charge in [-0.15, -0.1) is 0 Å². The summed E-state index contributed by atoms with van der Waals surface area (Å²) in [4.78, 5) is 8.51. The number of para-hydroxylation sites is 1. The Kier molecular flexibility index (Phi) is 2.49. The van der Waals surface area contributed by atoms with E-state index in [1.54, 1.807) is 6.20 Å². The van der Waals surface area contributed by atoms with Crippen molar-refractivity contribution < 1.29 is 0 Å². The molecule has 0 aliphatic carbocycles. The van der Waals surface area contributed by atoms with Crippen molar-refractivity contribution in [3.05, 3.63) is 53.9 Å². The van der Waals surface area contributed by atoms with Gasteiger partial charge in [-0.2, -0.15) is 0 Å². The molecule has 0 spiro atoms. The maximum absolute atomic E-state index is 5.75. The number of benzene rings is 1. The average molecular weight is 241 g/mol. The maximum Gasteiger partial charge on any atom is 0.181 e. The Morgan fingerprint density at radius 2 is 2.12 bits per heavy atom. The van der Waals surface area contributed by atoms with E-state index in [9.17, 15) is 0 Å². The van der Waals surface area contributed by atoms with E-state index in [4.69, 9.17) is 5.73 Å². The van der Waals surface area contributed by atoms with Gasteiger partial charge in [0.2, 0.25) is 0 Å². The first kappa shape index (κ1) is 10.2. The fourth-order valence-electron chi connectivity index (χ4n) is 1.89. The van der Waals surface area contributed by atoms with Crippen molar-refractivity contribution in [2.24, 2.45) is 0 Å². The number of nitrogens with zero attached hydrogens (tertiary/aromatic N) is 2. The summed E-state index contributed by atoms with van der Waals surface area (Å²) in [5, 5.41) is 0.624. The molecule has 0 saturated heterocycles. The number of hydrogen-bond acceptors (Lipinski definition) is 4. The zero-order valence-corrected chi connectivity index (χ0v) is 9.95. The number of pyridine rings is 1. The molecule has 0 unspecified atom stereocenters. The fourth-order valence-corrected chi connectivity index (χ4v) is 2.67. The van der Waals surface area contributed by atoms with E-state index in [2.05, 4.69) is 28.2 Å². The van der Waals surface area contributed by atoms with E-state index in [0.29, 0.717) is 5.13 Å². The first-order valence-electron chi connectivity index (χ1n) is 5.36. The molecule has 3 nitrogen and oxygen atoms in total. The minimum atomic E-state index is 0.624. The third kappa shape index (κ3) is 1.99. The predicted octanol–water partition coefficient (Wildman–Crippen LogP) is 2.86. The van der Waals surface area contributed by atoms with Gasteiger partial charge in [-0.3, -0.25) is 4.98 Å². The van der Waals surface area contributed by atoms with E-state index < -0.39 is 0 Å². The van der Waals surface area contributed by atoms with Crippen LogP contribution in [0.2, 0.25) is 0 Å². The molecule has 0 fully saturated rings. The van der Waals surface area contributed by atoms with E-state index in [1.807, 2.05) is 18.3 Å². The number of fused-ring (bicyclic) bond motifs is 1. The first-order chi connectivity index (χ1) is 8.33. The van der Waals surface area contributed by atoms with E-state index in [1.165, 1.54) is 22.5 Å². The van der Waals surface area contributed by atoms with Crippen LogP contribution < -0.4 is 5.73 Å². The molecule has 0 saturated carbocycles. The zero-order chi connectivity index (χ0) is 11.7. The molecule has 4 heteroatoms. The average Bonchev–Trinajstić information content (AvgIpc) is 2.72. The molecule has 0 amide bonds. The highest BCUT2D eigenvalue weighted by atomic mass is 32.1. The van der Waals surface area contributed by atoms with Crippen LogP contribution in [0.4, 0.5) is 5.13 Å². The van der Waals surface area contributed by atoms with Crippen molar-refractivity contribution in [3.8, 4) is 0 Å². The van der Waals surface area contributed by atoms with Crippen molar-refractivity contribution in [1.82, 2.24) is 9.97 Å². The molecular formula is C13H11N3S. The van der Waals surface area contributed by atoms with Gasteiger partial charge in [0.15, 0.2) is 5.13 Å². The van der Waals surface area contributed by atoms with Crippen molar-refractivity contribution in [2.45, 2.75) is 6.42 Å². The monoisotopic (exact) mass is 241 g/mol. The second-order valence-corrected chi connectivity index (χ2v) is 4.92. The van der Waals surface area contributed by atoms with Gasteiger partial charge in [0, 0.05) is 18.8 Å². The van der Waals surface area contributed by atoms with Gasteiger partial charge in [-0.1, -0.05) is 29.5 Å². The van der Waals surface area contributed by atoms with Crippen LogP contribution in [0.5, 0.6) is 0 Å². The Morgan fingerprint density at radius 3 is 2.94 bits per heavy atom. The van der Waals surface area contributed by atoms with Gasteiger partial charge in [-0.05, 0) is 23.3 Å². The number of aromatic nitrogens is 2. The maximum atomic E-state index is 5.75. The van der Waals surface area contributed by atoms with Crippen molar-refractivity contribution >= 4 is 26.7 Å². The van der Waals surface area contributed by atoms with Crippen LogP contribution in [0.15, 0.2) is 42.7 Å². The van der Waals surface area contributed by atoms with Crippen LogP contribution in [0.3, 0.4) is 0 Å². The number of nitrogens with two attached hydrogens (primary N) is 1. The Labute approximate surface area is 103 Å². The van der Waals surface area contributed by atoms with Crippen LogP contribution >= 0.6 is 11.3 Å². The summed E-state index contributed by atoms with van der Waals surface area (Å²) in [6, 6.07) is 10.2. The fraction of sp³-hybridized carbons (Fsp3) is 0.0769. The highest BCUT2D eigenvalue weighted by molar-refractivity contribution is 7.22. The van der Waals surface area contributed by atoms with Gasteiger partial charge >= 0.3 is 0 Å². The molecule has 2 aromatic heterocycles. The standard InChI is InChI=1S/C13H11N3S/c14-13-16-12-10(4-1-5-11(12)17-13)7-9-3-2-6-15-8-9/h1-6,8H,7H2,(H2,14,16). The number of hydrogen-bond donors (Lipinski definition) is 1. The SMILES string of the molecule is Nc1nc2c(Cc3cccnc3)cccc2s1. The highest BCUT2D eigenvalue weighted by Crippen LogP contribution is 2.27. The van der Waals surface area contributed by atoms with Gasteiger partial charge in [-0.25, -0.2) is 4.98 Å². The van der Waals surface area contributed by atoms with Crippen LogP contribution in [-0.4, -0.2) is 9.97 Å². The molecule has 0 aliphatic rings. The molecule has 2 heterocycles. The Hall–Kier alpha value is -1.94. The molecule has 0 atom stereocenters. The summed E-state index contributed by atoms with van der Waals surface area (Å²) in [7, 11) is 0. The summed E-state index contributed by atoms with van der Waals surface area (Å²) in [5.41, 5.74) is 9.15. The largest absolute Gasteiger partial charge is 0.375 e. The zero-order valence-electron chi connectivity index (χ0n) is 9.13. The summed E-state index contributed by atoms with van der Waals surface area (Å²) < 4.78 is 1.14. The Bertz CT molecular complexity index is 646. The smallest absolute Gasteiger partial charge is 0.181 e. The van der Waals surface area contributed by atoms with Crippen molar-refractivity contribution in [1.29, 1.82) is 0 Å². The minimum Gasteiger partial charge on any atom is -0.375 e. The summed E-state index contributed by atoms with van der Waals surface area (Å²) in [5.74, 6) is 0. The molecule has 2 N–H and O–H groups in total. The number of anilines is 1. The molecule has 84 valence electrons. The quantitative estimate of drug-likeness (QED) is 0.750. The number of thiazole rings is 1. The Morgan fingerprint density at radius 1 is 1.18 bits per heavy atom. The summed E-state index contributed by atoms with van der Waals surface area (Å²) >= 11 is 1.53. The van der Waals surface area contributed by atoms with Gasteiger partial charge < -0.3 is 5.73 Å². The summed E-state index contributed by atoms with van der Waals surface area (Å²) in [6.45, 7) is 0. The minimum absolute atomic E-state index is 0.624. The number of nitrogen functional groups attached to an aromatic ring is 1. The topological polar surface area (TPSA) is 51.8 Å². The van der Waals surface area contributed by atoms with E-state index in [-0.39, 0.29) is 0 Å². The predicted molar refractivity (Wildman–Crippen MR) is 71.1 cm³/mol. The van der Waals surface area contributed by atoms with Crippen LogP contribution in [0.25, 0.3) is 10.2 Å². The molecule has 0 radical (unpaired) electrons. The lowest BCUT2D eigenvalue weighted by Crippen LogP contribution is -1.90. The summed E-state index contributed by atoms with van der Waals surface area (Å²) in [6.07, 6.45) is 4.51. The molecule has 1 aromatic carbocycles. The lowest BCUT2D eigenvalue weighted by Gasteiger charge is -2.01. The molecule has 0 bridgehead atoms. The Balaban J connectivity index is 2.06. The second-order valence-electron chi connectivity index (χ2n) is 3.85. The first-order valence-corrected chi connectivity index (χ1v) is 6.17. The van der Waals surface area contributed by atoms with Gasteiger partial charge in [0.1, 0.15) is 0 Å². The van der Waals surface area contributed by atoms with Crippen LogP contribution in [0, 0.1) is 0 Å². The van der Waals surface area contributed by atoms with Crippen molar-refractivity contribution in [2.75, 3.05) is 5.73 Å². The third-order valence-electron chi connectivity index (χ3n) is 2.64. The number of rotatable bonds is 2. The van der Waals surface area contributed by atoms with E-state index in [0.717, 1.165) is 16.6 Å². The highest BCUT2D eigenvalue weighted by Gasteiger charge is 2.06. The molecule has 3 aromatic rings. The van der Waals surface area contributed by atoms with Gasteiger partial charge in [0.25, 0.3) is 0 Å². The molecule has 3 rings (SSSR count). The normalized spacial score (nSPS) is 10.8. The second kappa shape index (κ2) is 4.14. The molecular weight excluding hydrogens is 230 g/mol. The van der Waals surface area contributed by atoms with Crippen LogP contribution in [-0.2, 0) is 6.42 Å². The lowest BCUT2D eigenvalue weighted by molar-refractivity contribution is 1.15. The molecule has 17 heavy (non-hydrogen) atoms. The van der Waals surface area contributed by atoms with Gasteiger partial charge in [0.05, 0.1) is 10.2 Å². The third-order valence-corrected chi connectivity index (χ3v) is 3.49. The van der Waals surface area contributed by atoms with Crippen LogP contribution in [0.1, 0.15) is 11.1 Å².